The average molecular weight is 465 g/mol. The molecule has 4 saturated carbocycles. The summed E-state index contributed by atoms with van der Waals surface area (Å²) in [6.07, 6.45) is 2.80. The largest absolute Gasteiger partial charge is 0.390 e. The van der Waals surface area contributed by atoms with Gasteiger partial charge in [-0.05, 0) is 90.8 Å². The van der Waals surface area contributed by atoms with Gasteiger partial charge in [-0.25, -0.2) is 0 Å². The summed E-state index contributed by atoms with van der Waals surface area (Å²) in [4.78, 5) is 13.3. The van der Waals surface area contributed by atoms with Crippen molar-refractivity contribution in [1.29, 1.82) is 0 Å². The summed E-state index contributed by atoms with van der Waals surface area (Å²) in [6.45, 7) is 12.9. The van der Waals surface area contributed by atoms with Gasteiger partial charge in [0.1, 0.15) is 5.78 Å². The van der Waals surface area contributed by atoms with Crippen LogP contribution in [0.5, 0.6) is 0 Å². The molecule has 4 N–H and O–H groups in total. The van der Waals surface area contributed by atoms with E-state index in [0.29, 0.717) is 48.9 Å². The van der Waals surface area contributed by atoms with Gasteiger partial charge >= 0.3 is 0 Å². The van der Waals surface area contributed by atoms with Crippen LogP contribution in [0.3, 0.4) is 0 Å². The van der Waals surface area contributed by atoms with Crippen molar-refractivity contribution in [3.63, 3.8) is 0 Å². The fourth-order valence-electron chi connectivity index (χ4n) is 9.23. The van der Waals surface area contributed by atoms with Crippen molar-refractivity contribution >= 4 is 5.78 Å². The lowest BCUT2D eigenvalue weighted by Gasteiger charge is -2.61. The molecule has 13 atom stereocenters. The number of rotatable bonds is 5. The van der Waals surface area contributed by atoms with Gasteiger partial charge in [0, 0.05) is 12.3 Å². The van der Waals surface area contributed by atoms with E-state index in [-0.39, 0.29) is 34.4 Å². The van der Waals surface area contributed by atoms with Crippen LogP contribution in [-0.2, 0) is 4.79 Å². The van der Waals surface area contributed by atoms with E-state index in [1.54, 1.807) is 0 Å². The summed E-state index contributed by atoms with van der Waals surface area (Å²) >= 11 is 0. The van der Waals surface area contributed by atoms with Crippen LogP contribution in [-0.4, -0.2) is 50.6 Å². The molecule has 0 aromatic rings. The van der Waals surface area contributed by atoms with Crippen LogP contribution in [0.15, 0.2) is 0 Å². The number of aliphatic hydroxyl groups is 4. The van der Waals surface area contributed by atoms with Gasteiger partial charge in [0.2, 0.25) is 0 Å². The molecule has 4 aliphatic rings. The maximum atomic E-state index is 13.3. The minimum atomic E-state index is -0.782. The quantitative estimate of drug-likeness (QED) is 0.496. The molecule has 0 radical (unpaired) electrons. The topological polar surface area (TPSA) is 98.0 Å². The summed E-state index contributed by atoms with van der Waals surface area (Å²) in [6, 6.07) is 0. The molecule has 5 heteroatoms. The van der Waals surface area contributed by atoms with E-state index in [4.69, 9.17) is 0 Å². The van der Waals surface area contributed by atoms with Gasteiger partial charge in [0.15, 0.2) is 0 Å². The maximum Gasteiger partial charge on any atom is 0.136 e. The minimum Gasteiger partial charge on any atom is -0.390 e. The van der Waals surface area contributed by atoms with Crippen molar-refractivity contribution in [3.05, 3.63) is 0 Å². The van der Waals surface area contributed by atoms with Gasteiger partial charge < -0.3 is 20.4 Å². The number of carbonyl (C=O) groups is 1. The van der Waals surface area contributed by atoms with Gasteiger partial charge in [-0.15, -0.1) is 0 Å². The van der Waals surface area contributed by atoms with Crippen LogP contribution >= 0.6 is 0 Å². The Hall–Kier alpha value is -0.490. The molecule has 0 bridgehead atoms. The summed E-state index contributed by atoms with van der Waals surface area (Å²) in [7, 11) is 0. The summed E-state index contributed by atoms with van der Waals surface area (Å²) < 4.78 is 0. The van der Waals surface area contributed by atoms with Crippen molar-refractivity contribution in [3.8, 4) is 0 Å². The van der Waals surface area contributed by atoms with E-state index >= 15 is 0 Å². The molecule has 4 aliphatic carbocycles. The van der Waals surface area contributed by atoms with Crippen LogP contribution in [0.4, 0.5) is 0 Å². The Kier molecular flexibility index (Phi) is 6.88. The Morgan fingerprint density at radius 3 is 2.15 bits per heavy atom. The lowest BCUT2D eigenvalue weighted by molar-refractivity contribution is -0.175. The third kappa shape index (κ3) is 3.93. The van der Waals surface area contributed by atoms with E-state index in [1.807, 2.05) is 6.92 Å². The van der Waals surface area contributed by atoms with Gasteiger partial charge in [-0.3, -0.25) is 4.79 Å². The highest BCUT2D eigenvalue weighted by Gasteiger charge is 2.63. The number of hydrogen-bond donors (Lipinski definition) is 4. The average Bonchev–Trinajstić information content (AvgIpc) is 3.10. The molecule has 0 spiro atoms. The molecule has 0 aromatic carbocycles. The van der Waals surface area contributed by atoms with E-state index in [9.17, 15) is 25.2 Å². The normalized spacial score (nSPS) is 49.1. The van der Waals surface area contributed by atoms with Crippen LogP contribution in [0, 0.1) is 58.2 Å². The van der Waals surface area contributed by atoms with Crippen molar-refractivity contribution in [1.82, 2.24) is 0 Å². The monoisotopic (exact) mass is 464 g/mol. The first-order valence-corrected chi connectivity index (χ1v) is 13.6. The highest BCUT2D eigenvalue weighted by Crippen LogP contribution is 2.67. The van der Waals surface area contributed by atoms with Gasteiger partial charge in [-0.1, -0.05) is 41.5 Å². The van der Waals surface area contributed by atoms with Gasteiger partial charge in [0.25, 0.3) is 0 Å². The van der Waals surface area contributed by atoms with E-state index in [1.165, 1.54) is 0 Å². The number of ketones is 1. The Bertz CT molecular complexity index is 738. The molecule has 4 rings (SSSR count). The fourth-order valence-corrected chi connectivity index (χ4v) is 9.23. The van der Waals surface area contributed by atoms with Crippen molar-refractivity contribution in [2.45, 2.75) is 111 Å². The SMILES string of the molecule is CC(C)[C@H](C)[C@H](O)[C@@H](O)[C@@H](C)[C@H]1CC[C@H]2[C@@H]3CC(=O)[C@H]4C[C@@H](O)[C@H](O)C[C@]4(C)[C@H]3CC[C@]12C. The number of fused-ring (bicyclic) bond motifs is 5. The molecule has 33 heavy (non-hydrogen) atoms. The molecule has 0 unspecified atom stereocenters. The van der Waals surface area contributed by atoms with E-state index in [2.05, 4.69) is 34.6 Å². The lowest BCUT2D eigenvalue weighted by Crippen LogP contribution is -2.59. The molecular weight excluding hydrogens is 416 g/mol. The molecule has 0 aromatic heterocycles. The summed E-state index contributed by atoms with van der Waals surface area (Å²) in [5, 5.41) is 42.8. The highest BCUT2D eigenvalue weighted by atomic mass is 16.3. The Balaban J connectivity index is 1.56. The Labute approximate surface area is 200 Å². The number of Topliss-reactive ketones (excluding diaryl/α,β-unsaturated/α-hetero) is 1. The van der Waals surface area contributed by atoms with Gasteiger partial charge in [0.05, 0.1) is 24.4 Å². The van der Waals surface area contributed by atoms with E-state index < -0.39 is 24.4 Å². The van der Waals surface area contributed by atoms with E-state index in [0.717, 1.165) is 25.7 Å². The van der Waals surface area contributed by atoms with Gasteiger partial charge in [-0.2, -0.15) is 0 Å². The first-order chi connectivity index (χ1) is 15.3. The van der Waals surface area contributed by atoms with Crippen LogP contribution in [0.25, 0.3) is 0 Å². The lowest BCUT2D eigenvalue weighted by atomic mass is 9.44. The highest BCUT2D eigenvalue weighted by molar-refractivity contribution is 5.83. The Morgan fingerprint density at radius 1 is 0.879 bits per heavy atom. The van der Waals surface area contributed by atoms with Crippen LogP contribution in [0.1, 0.15) is 86.5 Å². The number of aliphatic hydroxyl groups excluding tert-OH is 4. The molecule has 0 heterocycles. The maximum absolute atomic E-state index is 13.3. The molecule has 4 fully saturated rings. The standard InChI is InChI=1S/C28H48O5/c1-14(2)15(3)25(32)26(33)16(4)18-7-8-19-17-11-22(29)21-12-23(30)24(31)13-28(21,6)20(17)9-10-27(18,19)5/h14-21,23-26,30-33H,7-13H2,1-6H3/t15-,16-,17-,18+,19-,20-,21+,23+,24+,25-,26-,27+,28+/m0/s1. The Morgan fingerprint density at radius 2 is 1.52 bits per heavy atom. The molecule has 0 aliphatic heterocycles. The second kappa shape index (κ2) is 8.87. The third-order valence-electron chi connectivity index (χ3n) is 11.7. The first kappa shape index (κ1) is 25.6. The molecule has 5 nitrogen and oxygen atoms in total. The second-order valence-corrected chi connectivity index (χ2v) is 13.4. The van der Waals surface area contributed by atoms with Crippen molar-refractivity contribution in [2.75, 3.05) is 0 Å². The molecule has 0 saturated heterocycles. The zero-order valence-electron chi connectivity index (χ0n) is 21.6. The predicted molar refractivity (Wildman–Crippen MR) is 128 cm³/mol. The van der Waals surface area contributed by atoms with Crippen molar-refractivity contribution < 1.29 is 25.2 Å². The van der Waals surface area contributed by atoms with Crippen LogP contribution in [0.2, 0.25) is 0 Å². The third-order valence-corrected chi connectivity index (χ3v) is 11.7. The zero-order valence-corrected chi connectivity index (χ0v) is 21.6. The number of carbonyl (C=O) groups excluding carboxylic acids is 1. The molecule has 0 amide bonds. The summed E-state index contributed by atoms with van der Waals surface area (Å²) in [5.74, 6) is 2.05. The predicted octanol–water partition coefficient (Wildman–Crippen LogP) is 3.81. The molecular formula is C28H48O5. The smallest absolute Gasteiger partial charge is 0.136 e. The second-order valence-electron chi connectivity index (χ2n) is 13.4. The minimum absolute atomic E-state index is 0.0158. The van der Waals surface area contributed by atoms with Crippen molar-refractivity contribution in [2.24, 2.45) is 58.2 Å². The fraction of sp³-hybridized carbons (Fsp3) is 0.964. The zero-order chi connectivity index (χ0) is 24.5. The number of hydrogen-bond acceptors (Lipinski definition) is 5. The van der Waals surface area contributed by atoms with Crippen LogP contribution < -0.4 is 0 Å². The molecule has 190 valence electrons. The first-order valence-electron chi connectivity index (χ1n) is 13.6. The summed E-state index contributed by atoms with van der Waals surface area (Å²) in [5.41, 5.74) is -0.162.